The maximum Gasteiger partial charge on any atom is 0.419 e. The lowest BCUT2D eigenvalue weighted by Gasteiger charge is -2.14. The van der Waals surface area contributed by atoms with Crippen LogP contribution in [0.1, 0.15) is 11.1 Å². The highest BCUT2D eigenvalue weighted by Gasteiger charge is 2.37. The maximum absolute atomic E-state index is 12.9. The van der Waals surface area contributed by atoms with Crippen molar-refractivity contribution in [3.63, 3.8) is 0 Å². The molecule has 2 aromatic carbocycles. The zero-order valence-electron chi connectivity index (χ0n) is 14.1. The summed E-state index contributed by atoms with van der Waals surface area (Å²) in [6.45, 7) is 0. The Balaban J connectivity index is 2.07. The Bertz CT molecular complexity index is 1220. The molecule has 156 valence electrons. The molecule has 1 aromatic heterocycles. The number of aromatic nitrogens is 1. The molecule has 0 atom stereocenters. The Labute approximate surface area is 158 Å². The summed E-state index contributed by atoms with van der Waals surface area (Å²) < 4.78 is 112. The molecule has 0 fully saturated rings. The van der Waals surface area contributed by atoms with Crippen molar-refractivity contribution in [2.24, 2.45) is 7.05 Å². The van der Waals surface area contributed by atoms with E-state index in [-0.39, 0.29) is 29.3 Å². The number of alkyl halides is 6. The van der Waals surface area contributed by atoms with Gasteiger partial charge in [-0.25, -0.2) is 4.79 Å². The van der Waals surface area contributed by atoms with Crippen LogP contribution in [-0.4, -0.2) is 13.0 Å². The van der Waals surface area contributed by atoms with Gasteiger partial charge in [0, 0.05) is 13.1 Å². The smallest absolute Gasteiger partial charge is 0.408 e. The lowest BCUT2D eigenvalue weighted by Crippen LogP contribution is -2.14. The third-order valence-electron chi connectivity index (χ3n) is 3.82. The summed E-state index contributed by atoms with van der Waals surface area (Å²) in [5.41, 5.74) is -3.42. The quantitative estimate of drug-likeness (QED) is 0.455. The van der Waals surface area contributed by atoms with Gasteiger partial charge in [0.1, 0.15) is 10.6 Å². The van der Waals surface area contributed by atoms with Crippen LogP contribution in [-0.2, 0) is 29.5 Å². The van der Waals surface area contributed by atoms with Crippen molar-refractivity contribution >= 4 is 21.2 Å². The lowest BCUT2D eigenvalue weighted by molar-refractivity contribution is -0.143. The van der Waals surface area contributed by atoms with E-state index in [0.717, 1.165) is 16.7 Å². The molecule has 0 aliphatic rings. The molecule has 3 rings (SSSR count). The average molecular weight is 441 g/mol. The van der Waals surface area contributed by atoms with Gasteiger partial charge in [-0.1, -0.05) is 0 Å². The molecule has 0 unspecified atom stereocenters. The van der Waals surface area contributed by atoms with Crippen molar-refractivity contribution in [1.29, 1.82) is 0 Å². The zero-order valence-corrected chi connectivity index (χ0v) is 14.9. The van der Waals surface area contributed by atoms with Gasteiger partial charge >= 0.3 is 28.2 Å². The topological polar surface area (TPSA) is 78.5 Å². The summed E-state index contributed by atoms with van der Waals surface area (Å²) in [5, 5.41) is 0. The molecule has 0 amide bonds. The van der Waals surface area contributed by atoms with Crippen molar-refractivity contribution < 1.29 is 43.4 Å². The third kappa shape index (κ3) is 4.09. The van der Waals surface area contributed by atoms with Crippen molar-refractivity contribution in [2.75, 3.05) is 0 Å². The fourth-order valence-corrected chi connectivity index (χ4v) is 3.35. The molecule has 0 saturated carbocycles. The SMILES string of the molecule is Cn1c(=O)oc2cc(S(=O)(=O)Oc3cc(C(F)(F)F)cc(C(F)(F)F)c3)ccc21. The Morgan fingerprint density at radius 3 is 2.00 bits per heavy atom. The van der Waals surface area contributed by atoms with Gasteiger partial charge in [0.05, 0.1) is 16.6 Å². The molecule has 0 aliphatic carbocycles. The van der Waals surface area contributed by atoms with Crippen LogP contribution in [0.2, 0.25) is 0 Å². The standard InChI is InChI=1S/C16H9F6NO5S/c1-23-12-3-2-11(7-13(12)27-14(23)24)29(25,26)28-10-5-8(15(17,18)19)4-9(6-10)16(20,21)22/h2-7H,1H3. The molecule has 29 heavy (non-hydrogen) atoms. The normalized spacial score (nSPS) is 13.1. The van der Waals surface area contributed by atoms with Gasteiger partial charge in [-0.3, -0.25) is 4.57 Å². The van der Waals surface area contributed by atoms with E-state index in [4.69, 9.17) is 4.42 Å². The summed E-state index contributed by atoms with van der Waals surface area (Å²) in [7, 11) is -3.49. The second kappa shape index (κ2) is 6.54. The van der Waals surface area contributed by atoms with Crippen molar-refractivity contribution in [1.82, 2.24) is 4.57 Å². The number of benzene rings is 2. The molecule has 0 radical (unpaired) electrons. The van der Waals surface area contributed by atoms with Crippen LogP contribution in [0.15, 0.2) is 50.5 Å². The van der Waals surface area contributed by atoms with E-state index in [1.807, 2.05) is 0 Å². The van der Waals surface area contributed by atoms with Gasteiger partial charge in [0.25, 0.3) is 0 Å². The highest BCUT2D eigenvalue weighted by atomic mass is 32.2. The summed E-state index contributed by atoms with van der Waals surface area (Å²) in [5.74, 6) is -1.98. The van der Waals surface area contributed by atoms with Gasteiger partial charge in [-0.05, 0) is 30.3 Å². The number of halogens is 6. The Kier molecular flexibility index (Phi) is 4.68. The van der Waals surface area contributed by atoms with Gasteiger partial charge in [-0.2, -0.15) is 34.8 Å². The van der Waals surface area contributed by atoms with E-state index in [1.54, 1.807) is 0 Å². The van der Waals surface area contributed by atoms with Crippen molar-refractivity contribution in [2.45, 2.75) is 17.2 Å². The molecule has 3 aromatic rings. The van der Waals surface area contributed by atoms with Crippen LogP contribution in [0, 0.1) is 0 Å². The highest BCUT2D eigenvalue weighted by Crippen LogP contribution is 2.38. The minimum Gasteiger partial charge on any atom is -0.408 e. The van der Waals surface area contributed by atoms with Gasteiger partial charge < -0.3 is 8.60 Å². The fourth-order valence-electron chi connectivity index (χ4n) is 2.42. The summed E-state index contributed by atoms with van der Waals surface area (Å²) in [6.07, 6.45) is -10.3. The lowest BCUT2D eigenvalue weighted by atomic mass is 10.1. The number of rotatable bonds is 3. The van der Waals surface area contributed by atoms with Gasteiger partial charge in [0.15, 0.2) is 5.58 Å². The molecule has 0 saturated heterocycles. The van der Waals surface area contributed by atoms with E-state index >= 15 is 0 Å². The molecular formula is C16H9F6NO5S. The second-order valence-electron chi connectivity index (χ2n) is 5.84. The van der Waals surface area contributed by atoms with E-state index in [1.165, 1.54) is 13.1 Å². The largest absolute Gasteiger partial charge is 0.419 e. The molecule has 0 N–H and O–H groups in total. The summed E-state index contributed by atoms with van der Waals surface area (Å²) in [6, 6.07) is 3.10. The highest BCUT2D eigenvalue weighted by molar-refractivity contribution is 7.87. The summed E-state index contributed by atoms with van der Waals surface area (Å²) in [4.78, 5) is 10.8. The zero-order chi connectivity index (χ0) is 21.8. The number of oxazole rings is 1. The van der Waals surface area contributed by atoms with Crippen LogP contribution < -0.4 is 9.94 Å². The van der Waals surface area contributed by atoms with Crippen LogP contribution in [0.25, 0.3) is 11.1 Å². The Hall–Kier alpha value is -2.96. The number of fused-ring (bicyclic) bond motifs is 1. The fraction of sp³-hybridized carbons (Fsp3) is 0.188. The van der Waals surface area contributed by atoms with Crippen LogP contribution >= 0.6 is 0 Å². The van der Waals surface area contributed by atoms with Gasteiger partial charge in [0.2, 0.25) is 0 Å². The first-order valence-electron chi connectivity index (χ1n) is 7.52. The first-order chi connectivity index (χ1) is 13.2. The molecule has 6 nitrogen and oxygen atoms in total. The second-order valence-corrected chi connectivity index (χ2v) is 7.38. The van der Waals surface area contributed by atoms with Crippen LogP contribution in [0.5, 0.6) is 5.75 Å². The number of hydrogen-bond acceptors (Lipinski definition) is 5. The molecular weight excluding hydrogens is 432 g/mol. The average Bonchev–Trinajstić information content (AvgIpc) is 2.86. The first kappa shape index (κ1) is 20.8. The molecule has 0 bridgehead atoms. The first-order valence-corrected chi connectivity index (χ1v) is 8.93. The van der Waals surface area contributed by atoms with Crippen LogP contribution in [0.3, 0.4) is 0 Å². The van der Waals surface area contributed by atoms with E-state index in [2.05, 4.69) is 4.18 Å². The molecule has 13 heteroatoms. The monoisotopic (exact) mass is 441 g/mol. The predicted octanol–water partition coefficient (Wildman–Crippen LogP) is 3.94. The van der Waals surface area contributed by atoms with Crippen LogP contribution in [0.4, 0.5) is 26.3 Å². The molecule has 0 aliphatic heterocycles. The minimum atomic E-state index is -5.17. The van der Waals surface area contributed by atoms with E-state index < -0.39 is 50.0 Å². The molecule has 1 heterocycles. The Morgan fingerprint density at radius 2 is 1.48 bits per heavy atom. The number of nitrogens with zero attached hydrogens (tertiary/aromatic N) is 1. The number of hydrogen-bond donors (Lipinski definition) is 0. The maximum atomic E-state index is 12.9. The van der Waals surface area contributed by atoms with E-state index in [0.29, 0.717) is 0 Å². The van der Waals surface area contributed by atoms with E-state index in [9.17, 15) is 39.6 Å². The Morgan fingerprint density at radius 1 is 0.931 bits per heavy atom. The third-order valence-corrected chi connectivity index (χ3v) is 5.06. The van der Waals surface area contributed by atoms with Crippen molar-refractivity contribution in [3.8, 4) is 5.75 Å². The number of aryl methyl sites for hydroxylation is 1. The van der Waals surface area contributed by atoms with Gasteiger partial charge in [-0.15, -0.1) is 0 Å². The van der Waals surface area contributed by atoms with Crippen molar-refractivity contribution in [3.05, 3.63) is 58.1 Å². The summed E-state index contributed by atoms with van der Waals surface area (Å²) >= 11 is 0. The molecule has 0 spiro atoms. The minimum absolute atomic E-state index is 0.133. The predicted molar refractivity (Wildman–Crippen MR) is 85.7 cm³/mol.